The lowest BCUT2D eigenvalue weighted by Crippen LogP contribution is -2.58. The van der Waals surface area contributed by atoms with E-state index in [-0.39, 0.29) is 5.82 Å². The van der Waals surface area contributed by atoms with Gasteiger partial charge in [0.1, 0.15) is 11.6 Å². The van der Waals surface area contributed by atoms with Crippen molar-refractivity contribution in [2.75, 3.05) is 37.6 Å². The van der Waals surface area contributed by atoms with Crippen LogP contribution >= 0.6 is 23.2 Å². The van der Waals surface area contributed by atoms with Gasteiger partial charge in [0.2, 0.25) is 5.69 Å². The van der Waals surface area contributed by atoms with Crippen molar-refractivity contribution in [3.05, 3.63) is 63.3 Å². The molecule has 0 radical (unpaired) electrons. The van der Waals surface area contributed by atoms with Crippen LogP contribution in [-0.2, 0) is 6.54 Å². The lowest BCUT2D eigenvalue weighted by molar-refractivity contribution is 0.0607. The summed E-state index contributed by atoms with van der Waals surface area (Å²) in [7, 11) is 0. The Labute approximate surface area is 199 Å². The van der Waals surface area contributed by atoms with Crippen LogP contribution in [0.3, 0.4) is 0 Å². The van der Waals surface area contributed by atoms with Crippen molar-refractivity contribution in [2.24, 2.45) is 0 Å². The largest absolute Gasteiger partial charge is 0.353 e. The minimum Gasteiger partial charge on any atom is -0.353 e. The van der Waals surface area contributed by atoms with Gasteiger partial charge in [-0.25, -0.2) is 14.2 Å². The molecule has 170 valence electrons. The van der Waals surface area contributed by atoms with Crippen molar-refractivity contribution in [1.82, 2.24) is 14.8 Å². The standard InChI is InChI=1S/C24H28Cl2FN5/c1-3-20-16-31(24-22(26)13-19(28-2)14-29-24)10-11-32(20)21-6-8-30(9-7-21)15-17-4-5-18(25)12-23(17)27/h4-5,12-14,20-21H,3,6-11,15-16H2,1H3/t20-/m0/s1. The van der Waals surface area contributed by atoms with Gasteiger partial charge in [0, 0.05) is 55.0 Å². The lowest BCUT2D eigenvalue weighted by atomic mass is 9.97. The molecular formula is C24H28Cl2FN5. The minimum absolute atomic E-state index is 0.224. The first-order valence-electron chi connectivity index (χ1n) is 11.2. The fourth-order valence-corrected chi connectivity index (χ4v) is 5.36. The highest BCUT2D eigenvalue weighted by Gasteiger charge is 2.34. The van der Waals surface area contributed by atoms with Gasteiger partial charge in [-0.2, -0.15) is 0 Å². The Morgan fingerprint density at radius 1 is 1.16 bits per heavy atom. The van der Waals surface area contributed by atoms with Crippen molar-refractivity contribution in [2.45, 2.75) is 44.8 Å². The second-order valence-electron chi connectivity index (χ2n) is 8.60. The van der Waals surface area contributed by atoms with Gasteiger partial charge in [0.25, 0.3) is 0 Å². The van der Waals surface area contributed by atoms with Crippen LogP contribution in [-0.4, -0.2) is 59.6 Å². The SMILES string of the molecule is [C-]#[N+]c1cnc(N2CCN(C3CCN(Cc4ccc(Cl)cc4F)CC3)[C@@H](CC)C2)c(Cl)c1. The number of hydrogen-bond acceptors (Lipinski definition) is 4. The second-order valence-corrected chi connectivity index (χ2v) is 9.44. The van der Waals surface area contributed by atoms with Gasteiger partial charge in [-0.3, -0.25) is 9.80 Å². The van der Waals surface area contributed by atoms with Crippen LogP contribution in [0.15, 0.2) is 30.5 Å². The van der Waals surface area contributed by atoms with E-state index in [0.717, 1.165) is 57.8 Å². The molecule has 0 N–H and O–H groups in total. The number of piperidine rings is 1. The summed E-state index contributed by atoms with van der Waals surface area (Å²) in [6.07, 6.45) is 4.83. The van der Waals surface area contributed by atoms with Crippen molar-refractivity contribution >= 4 is 34.7 Å². The molecule has 0 aliphatic carbocycles. The van der Waals surface area contributed by atoms with E-state index in [0.29, 0.717) is 39.9 Å². The number of pyridine rings is 1. The maximum Gasteiger partial charge on any atom is 0.206 e. The second kappa shape index (κ2) is 10.4. The number of aromatic nitrogens is 1. The third-order valence-electron chi connectivity index (χ3n) is 6.67. The quantitative estimate of drug-likeness (QED) is 0.522. The van der Waals surface area contributed by atoms with Crippen LogP contribution in [0.2, 0.25) is 10.0 Å². The summed E-state index contributed by atoms with van der Waals surface area (Å²) in [6.45, 7) is 14.7. The Hall–Kier alpha value is -1.91. The molecule has 3 heterocycles. The number of likely N-dealkylation sites (tertiary alicyclic amines) is 1. The van der Waals surface area contributed by atoms with Crippen LogP contribution in [0.5, 0.6) is 0 Å². The summed E-state index contributed by atoms with van der Waals surface area (Å²) in [5.74, 6) is 0.551. The number of hydrogen-bond donors (Lipinski definition) is 0. The molecule has 5 nitrogen and oxygen atoms in total. The summed E-state index contributed by atoms with van der Waals surface area (Å²) in [6, 6.07) is 7.62. The van der Waals surface area contributed by atoms with Crippen LogP contribution in [0, 0.1) is 12.4 Å². The molecule has 1 aromatic carbocycles. The van der Waals surface area contributed by atoms with Gasteiger partial charge in [-0.1, -0.05) is 36.2 Å². The lowest BCUT2D eigenvalue weighted by Gasteiger charge is -2.47. The topological polar surface area (TPSA) is 27.0 Å². The van der Waals surface area contributed by atoms with Crippen molar-refractivity contribution < 1.29 is 4.39 Å². The Morgan fingerprint density at radius 2 is 1.94 bits per heavy atom. The summed E-state index contributed by atoms with van der Waals surface area (Å²) >= 11 is 12.3. The van der Waals surface area contributed by atoms with E-state index in [1.807, 2.05) is 0 Å². The minimum atomic E-state index is -0.224. The van der Waals surface area contributed by atoms with Gasteiger partial charge in [0.05, 0.1) is 11.6 Å². The highest BCUT2D eigenvalue weighted by molar-refractivity contribution is 6.33. The van der Waals surface area contributed by atoms with Crippen molar-refractivity contribution in [1.29, 1.82) is 0 Å². The fraction of sp³-hybridized carbons (Fsp3) is 0.500. The van der Waals surface area contributed by atoms with E-state index in [4.69, 9.17) is 29.8 Å². The van der Waals surface area contributed by atoms with Crippen molar-refractivity contribution in [3.8, 4) is 0 Å². The van der Waals surface area contributed by atoms with Crippen molar-refractivity contribution in [3.63, 3.8) is 0 Å². The van der Waals surface area contributed by atoms with Gasteiger partial charge >= 0.3 is 0 Å². The van der Waals surface area contributed by atoms with Crippen LogP contribution in [0.1, 0.15) is 31.7 Å². The number of anilines is 1. The molecule has 1 atom stereocenters. The molecule has 0 spiro atoms. The predicted octanol–water partition coefficient (Wildman–Crippen LogP) is 5.64. The van der Waals surface area contributed by atoms with E-state index in [9.17, 15) is 4.39 Å². The zero-order valence-electron chi connectivity index (χ0n) is 18.3. The third kappa shape index (κ3) is 5.18. The van der Waals surface area contributed by atoms with E-state index in [1.54, 1.807) is 24.4 Å². The maximum absolute atomic E-state index is 14.2. The molecule has 2 fully saturated rings. The first-order chi connectivity index (χ1) is 15.5. The smallest absolute Gasteiger partial charge is 0.206 e. The first kappa shape index (κ1) is 23.3. The predicted molar refractivity (Wildman–Crippen MR) is 128 cm³/mol. The normalized spacial score (nSPS) is 21.0. The molecule has 2 aliphatic rings. The third-order valence-corrected chi connectivity index (χ3v) is 7.18. The molecule has 0 unspecified atom stereocenters. The highest BCUT2D eigenvalue weighted by atomic mass is 35.5. The zero-order valence-corrected chi connectivity index (χ0v) is 19.8. The molecule has 2 saturated heterocycles. The van der Waals surface area contributed by atoms with E-state index < -0.39 is 0 Å². The van der Waals surface area contributed by atoms with Crippen LogP contribution in [0.4, 0.5) is 15.9 Å². The Kier molecular flexibility index (Phi) is 7.52. The number of rotatable bonds is 5. The molecule has 0 bridgehead atoms. The van der Waals surface area contributed by atoms with Gasteiger partial charge < -0.3 is 4.90 Å². The van der Waals surface area contributed by atoms with Crippen LogP contribution in [0.25, 0.3) is 4.85 Å². The Bertz CT molecular complexity index is 987. The van der Waals surface area contributed by atoms with Gasteiger partial charge in [0.15, 0.2) is 0 Å². The van der Waals surface area contributed by atoms with Crippen LogP contribution < -0.4 is 4.90 Å². The average molecular weight is 476 g/mol. The summed E-state index contributed by atoms with van der Waals surface area (Å²) in [5, 5.41) is 0.984. The number of halogens is 3. The van der Waals surface area contributed by atoms with Gasteiger partial charge in [-0.15, -0.1) is 0 Å². The monoisotopic (exact) mass is 475 g/mol. The van der Waals surface area contributed by atoms with E-state index in [2.05, 4.69) is 31.5 Å². The summed E-state index contributed by atoms with van der Waals surface area (Å²) < 4.78 is 14.2. The maximum atomic E-state index is 14.2. The van der Waals surface area contributed by atoms with E-state index >= 15 is 0 Å². The average Bonchev–Trinajstić information content (AvgIpc) is 2.81. The molecule has 2 aliphatic heterocycles. The highest BCUT2D eigenvalue weighted by Crippen LogP contribution is 2.31. The zero-order chi connectivity index (χ0) is 22.7. The fourth-order valence-electron chi connectivity index (χ4n) is 4.92. The van der Waals surface area contributed by atoms with Gasteiger partial charge in [-0.05, 0) is 50.6 Å². The number of nitrogens with zero attached hydrogens (tertiary/aromatic N) is 5. The molecule has 4 rings (SSSR count). The number of piperazine rings is 1. The summed E-state index contributed by atoms with van der Waals surface area (Å²) in [5.41, 5.74) is 1.18. The molecule has 32 heavy (non-hydrogen) atoms. The molecule has 1 aromatic heterocycles. The Balaban J connectivity index is 1.34. The molecular weight excluding hydrogens is 448 g/mol. The summed E-state index contributed by atoms with van der Waals surface area (Å²) in [4.78, 5) is 15.1. The van der Waals surface area contributed by atoms with E-state index in [1.165, 1.54) is 6.07 Å². The molecule has 0 saturated carbocycles. The molecule has 0 amide bonds. The number of benzene rings is 1. The molecule has 8 heteroatoms. The first-order valence-corrected chi connectivity index (χ1v) is 11.9. The molecule has 2 aromatic rings. The Morgan fingerprint density at radius 3 is 2.59 bits per heavy atom.